The lowest BCUT2D eigenvalue weighted by Crippen LogP contribution is -2.30. The summed E-state index contributed by atoms with van der Waals surface area (Å²) in [5.41, 5.74) is 2.80. The molecule has 0 radical (unpaired) electrons. The first-order valence-corrected chi connectivity index (χ1v) is 8.06. The number of nitrogens with zero attached hydrogens (tertiary/aromatic N) is 2. The van der Waals surface area contributed by atoms with Gasteiger partial charge in [-0.25, -0.2) is 0 Å². The predicted octanol–water partition coefficient (Wildman–Crippen LogP) is 3.55. The summed E-state index contributed by atoms with van der Waals surface area (Å²) < 4.78 is 5.15. The van der Waals surface area contributed by atoms with Crippen molar-refractivity contribution in [1.82, 2.24) is 4.90 Å². The second-order valence-corrected chi connectivity index (χ2v) is 5.56. The van der Waals surface area contributed by atoms with Gasteiger partial charge in [0.05, 0.1) is 18.7 Å². The average Bonchev–Trinajstić information content (AvgIpc) is 2.65. The van der Waals surface area contributed by atoms with Crippen molar-refractivity contribution in [1.29, 1.82) is 5.26 Å². The molecular weight excluding hydrogens is 300 g/mol. The second-order valence-electron chi connectivity index (χ2n) is 5.56. The molecule has 0 unspecified atom stereocenters. The Bertz CT molecular complexity index is 700. The normalized spacial score (nSPS) is 10.0. The molecule has 124 valence electrons. The molecule has 0 saturated heterocycles. The van der Waals surface area contributed by atoms with Crippen LogP contribution in [0.5, 0.6) is 5.75 Å². The maximum atomic E-state index is 12.4. The molecule has 0 N–H and O–H groups in total. The molecule has 0 spiro atoms. The summed E-state index contributed by atoms with van der Waals surface area (Å²) in [4.78, 5) is 14.3. The molecule has 24 heavy (non-hydrogen) atoms. The van der Waals surface area contributed by atoms with Gasteiger partial charge in [0.2, 0.25) is 5.91 Å². The third-order valence-electron chi connectivity index (χ3n) is 3.98. The molecule has 4 nitrogen and oxygen atoms in total. The SMILES string of the molecule is CCN(Cc1ccc(OC)cc1)C(=O)CCc1ccc(C#N)cc1. The Hall–Kier alpha value is -2.80. The van der Waals surface area contributed by atoms with Crippen molar-refractivity contribution in [3.8, 4) is 11.8 Å². The van der Waals surface area contributed by atoms with E-state index in [4.69, 9.17) is 10.00 Å². The molecule has 1 amide bonds. The van der Waals surface area contributed by atoms with Crippen molar-refractivity contribution in [2.75, 3.05) is 13.7 Å². The molecule has 0 aliphatic carbocycles. The minimum atomic E-state index is 0.137. The van der Waals surface area contributed by atoms with Gasteiger partial charge in [0.15, 0.2) is 0 Å². The van der Waals surface area contributed by atoms with Crippen LogP contribution in [0.15, 0.2) is 48.5 Å². The Kier molecular flexibility index (Phi) is 6.39. The van der Waals surface area contributed by atoms with Crippen molar-refractivity contribution in [2.24, 2.45) is 0 Å². The molecule has 0 atom stereocenters. The van der Waals surface area contributed by atoms with Crippen LogP contribution in [0.1, 0.15) is 30.0 Å². The van der Waals surface area contributed by atoms with Gasteiger partial charge < -0.3 is 9.64 Å². The first kappa shape index (κ1) is 17.6. The van der Waals surface area contributed by atoms with E-state index < -0.39 is 0 Å². The lowest BCUT2D eigenvalue weighted by Gasteiger charge is -2.21. The summed E-state index contributed by atoms with van der Waals surface area (Å²) in [6.07, 6.45) is 1.15. The van der Waals surface area contributed by atoms with Gasteiger partial charge in [-0.1, -0.05) is 24.3 Å². The first-order chi connectivity index (χ1) is 11.7. The number of benzene rings is 2. The third-order valence-corrected chi connectivity index (χ3v) is 3.98. The maximum Gasteiger partial charge on any atom is 0.223 e. The second kappa shape index (κ2) is 8.73. The highest BCUT2D eigenvalue weighted by Gasteiger charge is 2.12. The summed E-state index contributed by atoms with van der Waals surface area (Å²) in [6.45, 7) is 3.27. The van der Waals surface area contributed by atoms with Crippen molar-refractivity contribution in [3.63, 3.8) is 0 Å². The zero-order valence-corrected chi connectivity index (χ0v) is 14.2. The number of carbonyl (C=O) groups excluding carboxylic acids is 1. The molecule has 0 aliphatic rings. The van der Waals surface area contributed by atoms with Gasteiger partial charge in [-0.2, -0.15) is 5.26 Å². The van der Waals surface area contributed by atoms with E-state index in [1.807, 2.05) is 48.2 Å². The molecular formula is C20H22N2O2. The Morgan fingerprint density at radius 3 is 2.25 bits per heavy atom. The van der Waals surface area contributed by atoms with E-state index in [-0.39, 0.29) is 5.91 Å². The number of aryl methyl sites for hydroxylation is 1. The van der Waals surface area contributed by atoms with E-state index in [0.717, 1.165) is 16.9 Å². The topological polar surface area (TPSA) is 53.3 Å². The molecule has 0 fully saturated rings. The number of hydrogen-bond acceptors (Lipinski definition) is 3. The van der Waals surface area contributed by atoms with Crippen LogP contribution >= 0.6 is 0 Å². The number of ether oxygens (including phenoxy) is 1. The number of methoxy groups -OCH3 is 1. The standard InChI is InChI=1S/C20H22N2O2/c1-3-22(15-18-8-11-19(24-2)12-9-18)20(23)13-10-16-4-6-17(14-21)7-5-16/h4-9,11-12H,3,10,13,15H2,1-2H3. The van der Waals surface area contributed by atoms with Crippen molar-refractivity contribution in [2.45, 2.75) is 26.3 Å². The van der Waals surface area contributed by atoms with Crippen LogP contribution in [0, 0.1) is 11.3 Å². The fraction of sp³-hybridized carbons (Fsp3) is 0.300. The number of rotatable bonds is 7. The van der Waals surface area contributed by atoms with Crippen molar-refractivity contribution < 1.29 is 9.53 Å². The van der Waals surface area contributed by atoms with Gasteiger partial charge in [-0.05, 0) is 48.7 Å². The van der Waals surface area contributed by atoms with Gasteiger partial charge in [-0.3, -0.25) is 4.79 Å². The van der Waals surface area contributed by atoms with E-state index in [0.29, 0.717) is 31.5 Å². The number of nitriles is 1. The molecule has 0 aliphatic heterocycles. The van der Waals surface area contributed by atoms with Crippen LogP contribution in [-0.4, -0.2) is 24.5 Å². The van der Waals surface area contributed by atoms with Gasteiger partial charge in [0.25, 0.3) is 0 Å². The minimum Gasteiger partial charge on any atom is -0.497 e. The molecule has 2 rings (SSSR count). The van der Waals surface area contributed by atoms with Crippen LogP contribution < -0.4 is 4.74 Å². The Balaban J connectivity index is 1.91. The largest absolute Gasteiger partial charge is 0.497 e. The molecule has 0 bridgehead atoms. The van der Waals surface area contributed by atoms with Crippen molar-refractivity contribution >= 4 is 5.91 Å². The van der Waals surface area contributed by atoms with E-state index in [9.17, 15) is 4.79 Å². The lowest BCUT2D eigenvalue weighted by molar-refractivity contribution is -0.131. The van der Waals surface area contributed by atoms with Gasteiger partial charge >= 0.3 is 0 Å². The molecule has 4 heteroatoms. The fourth-order valence-electron chi connectivity index (χ4n) is 2.48. The molecule has 2 aromatic rings. The maximum absolute atomic E-state index is 12.4. The summed E-state index contributed by atoms with van der Waals surface area (Å²) in [5.74, 6) is 0.951. The fourth-order valence-corrected chi connectivity index (χ4v) is 2.48. The van der Waals surface area contributed by atoms with E-state index in [1.54, 1.807) is 19.2 Å². The van der Waals surface area contributed by atoms with Crippen LogP contribution in [0.2, 0.25) is 0 Å². The zero-order valence-electron chi connectivity index (χ0n) is 14.2. The molecule has 0 heterocycles. The summed E-state index contributed by atoms with van der Waals surface area (Å²) in [7, 11) is 1.64. The Labute approximate surface area is 143 Å². The van der Waals surface area contributed by atoms with Gasteiger partial charge in [0, 0.05) is 19.5 Å². The number of hydrogen-bond donors (Lipinski definition) is 0. The highest BCUT2D eigenvalue weighted by atomic mass is 16.5. The highest BCUT2D eigenvalue weighted by Crippen LogP contribution is 2.14. The van der Waals surface area contributed by atoms with Crippen LogP contribution in [0.25, 0.3) is 0 Å². The van der Waals surface area contributed by atoms with E-state index in [2.05, 4.69) is 6.07 Å². The van der Waals surface area contributed by atoms with Gasteiger partial charge in [0.1, 0.15) is 5.75 Å². The van der Waals surface area contributed by atoms with Gasteiger partial charge in [-0.15, -0.1) is 0 Å². The summed E-state index contributed by atoms with van der Waals surface area (Å²) in [6, 6.07) is 17.3. The lowest BCUT2D eigenvalue weighted by atomic mass is 10.1. The summed E-state index contributed by atoms with van der Waals surface area (Å²) >= 11 is 0. The van der Waals surface area contributed by atoms with Crippen LogP contribution in [0.4, 0.5) is 0 Å². The first-order valence-electron chi connectivity index (χ1n) is 8.06. The Morgan fingerprint density at radius 2 is 1.71 bits per heavy atom. The summed E-state index contributed by atoms with van der Waals surface area (Å²) in [5, 5.41) is 8.81. The van der Waals surface area contributed by atoms with Crippen LogP contribution in [-0.2, 0) is 17.8 Å². The average molecular weight is 322 g/mol. The van der Waals surface area contributed by atoms with Crippen LogP contribution in [0.3, 0.4) is 0 Å². The molecule has 0 aromatic heterocycles. The smallest absolute Gasteiger partial charge is 0.223 e. The minimum absolute atomic E-state index is 0.137. The predicted molar refractivity (Wildman–Crippen MR) is 93.6 cm³/mol. The van der Waals surface area contributed by atoms with E-state index >= 15 is 0 Å². The number of amides is 1. The van der Waals surface area contributed by atoms with E-state index in [1.165, 1.54) is 0 Å². The highest BCUT2D eigenvalue weighted by molar-refractivity contribution is 5.76. The molecule has 0 saturated carbocycles. The third kappa shape index (κ3) is 4.85. The quantitative estimate of drug-likeness (QED) is 0.783. The molecule has 2 aromatic carbocycles. The zero-order chi connectivity index (χ0) is 17.4. The Morgan fingerprint density at radius 1 is 1.08 bits per heavy atom. The number of carbonyl (C=O) groups is 1. The van der Waals surface area contributed by atoms with Crippen molar-refractivity contribution in [3.05, 3.63) is 65.2 Å². The monoisotopic (exact) mass is 322 g/mol.